The van der Waals surface area contributed by atoms with Crippen LogP contribution in [-0.4, -0.2) is 43.9 Å². The molecule has 0 aromatic carbocycles. The van der Waals surface area contributed by atoms with Gasteiger partial charge in [-0.1, -0.05) is 0 Å². The van der Waals surface area contributed by atoms with E-state index >= 15 is 0 Å². The summed E-state index contributed by atoms with van der Waals surface area (Å²) in [5.41, 5.74) is -0.472. The quantitative estimate of drug-likeness (QED) is 0.923. The minimum atomic E-state index is -4.43. The van der Waals surface area contributed by atoms with Crippen molar-refractivity contribution in [2.75, 3.05) is 13.1 Å². The van der Waals surface area contributed by atoms with E-state index < -0.39 is 11.9 Å². The Hall–Kier alpha value is -2.32. The maximum Gasteiger partial charge on any atom is 0.435 e. The number of halogens is 3. The first-order chi connectivity index (χ1) is 10.4. The number of carbonyl (C=O) groups is 1. The topological polar surface area (TPSA) is 66.8 Å². The van der Waals surface area contributed by atoms with E-state index in [9.17, 15) is 18.0 Å². The summed E-state index contributed by atoms with van der Waals surface area (Å²) < 4.78 is 39.0. The lowest BCUT2D eigenvalue weighted by Gasteiger charge is -2.31. The molecule has 0 radical (unpaired) electrons. The maximum absolute atomic E-state index is 12.6. The number of hydrogen-bond donors (Lipinski definition) is 1. The smallest absolute Gasteiger partial charge is 0.337 e. The van der Waals surface area contributed by atoms with Crippen molar-refractivity contribution in [1.82, 2.24) is 24.9 Å². The van der Waals surface area contributed by atoms with Gasteiger partial charge in [-0.05, 0) is 25.0 Å². The van der Waals surface area contributed by atoms with Crippen LogP contribution < -0.4 is 0 Å². The Morgan fingerprint density at radius 2 is 2.00 bits per heavy atom. The minimum absolute atomic E-state index is 0.123. The monoisotopic (exact) mass is 313 g/mol. The number of hydrogen-bond acceptors (Lipinski definition) is 3. The van der Waals surface area contributed by atoms with E-state index in [1.807, 2.05) is 0 Å². The molecule has 0 saturated carbocycles. The molecule has 9 heteroatoms. The lowest BCUT2D eigenvalue weighted by Crippen LogP contribution is -2.39. The molecule has 3 rings (SSSR count). The Morgan fingerprint density at radius 3 is 2.55 bits per heavy atom. The molecule has 0 aliphatic carbocycles. The zero-order valence-electron chi connectivity index (χ0n) is 11.5. The average Bonchev–Trinajstić information content (AvgIpc) is 3.17. The molecule has 0 bridgehead atoms. The van der Waals surface area contributed by atoms with E-state index in [1.54, 1.807) is 11.0 Å². The zero-order chi connectivity index (χ0) is 15.7. The summed E-state index contributed by atoms with van der Waals surface area (Å²) in [7, 11) is 0. The Bertz CT molecular complexity index is 641. The SMILES string of the molecule is O=C(c1ccn[nH]1)N1CCC(n2ccc(C(F)(F)F)n2)CC1. The molecule has 2 aromatic rings. The third-order valence-corrected chi connectivity index (χ3v) is 3.76. The highest BCUT2D eigenvalue weighted by Gasteiger charge is 2.34. The molecule has 6 nitrogen and oxygen atoms in total. The number of nitrogens with zero attached hydrogens (tertiary/aromatic N) is 4. The van der Waals surface area contributed by atoms with Crippen molar-refractivity contribution >= 4 is 5.91 Å². The summed E-state index contributed by atoms with van der Waals surface area (Å²) in [4.78, 5) is 13.8. The van der Waals surface area contributed by atoms with E-state index in [1.165, 1.54) is 17.1 Å². The molecular weight excluding hydrogens is 299 g/mol. The number of alkyl halides is 3. The van der Waals surface area contributed by atoms with Crippen LogP contribution in [0.3, 0.4) is 0 Å². The number of aromatic amines is 1. The predicted octanol–water partition coefficient (Wildman–Crippen LogP) is 2.10. The van der Waals surface area contributed by atoms with Crippen molar-refractivity contribution in [2.24, 2.45) is 0 Å². The van der Waals surface area contributed by atoms with Crippen molar-refractivity contribution in [3.63, 3.8) is 0 Å². The summed E-state index contributed by atoms with van der Waals surface area (Å²) in [5, 5.41) is 9.94. The Balaban J connectivity index is 1.62. The number of carbonyl (C=O) groups excluding carboxylic acids is 1. The summed E-state index contributed by atoms with van der Waals surface area (Å²) in [5.74, 6) is -0.146. The molecule has 1 N–H and O–H groups in total. The van der Waals surface area contributed by atoms with Crippen LogP contribution >= 0.6 is 0 Å². The van der Waals surface area contributed by atoms with Gasteiger partial charge in [0.25, 0.3) is 5.91 Å². The molecule has 1 aliphatic rings. The fraction of sp³-hybridized carbons (Fsp3) is 0.462. The van der Waals surface area contributed by atoms with Gasteiger partial charge >= 0.3 is 6.18 Å². The van der Waals surface area contributed by atoms with E-state index in [4.69, 9.17) is 0 Å². The molecule has 1 fully saturated rings. The molecular formula is C13H14F3N5O. The van der Waals surface area contributed by atoms with Gasteiger partial charge in [0, 0.05) is 25.5 Å². The van der Waals surface area contributed by atoms with E-state index in [0.29, 0.717) is 31.6 Å². The first-order valence-electron chi connectivity index (χ1n) is 6.86. The molecule has 0 spiro atoms. The number of nitrogens with one attached hydrogen (secondary N) is 1. The lowest BCUT2D eigenvalue weighted by molar-refractivity contribution is -0.141. The Morgan fingerprint density at radius 1 is 1.27 bits per heavy atom. The molecule has 1 amide bonds. The van der Waals surface area contributed by atoms with Crippen molar-refractivity contribution in [2.45, 2.75) is 25.1 Å². The van der Waals surface area contributed by atoms with Crippen LogP contribution in [0.15, 0.2) is 24.5 Å². The van der Waals surface area contributed by atoms with Crippen molar-refractivity contribution in [3.05, 3.63) is 35.9 Å². The molecule has 2 aromatic heterocycles. The van der Waals surface area contributed by atoms with Crippen LogP contribution in [-0.2, 0) is 6.18 Å². The highest BCUT2D eigenvalue weighted by atomic mass is 19.4. The fourth-order valence-corrected chi connectivity index (χ4v) is 2.57. The third-order valence-electron chi connectivity index (χ3n) is 3.76. The van der Waals surface area contributed by atoms with Crippen molar-refractivity contribution in [3.8, 4) is 0 Å². The van der Waals surface area contributed by atoms with Gasteiger partial charge in [0.05, 0.1) is 6.04 Å². The highest BCUT2D eigenvalue weighted by molar-refractivity contribution is 5.92. The molecule has 1 saturated heterocycles. The second-order valence-electron chi connectivity index (χ2n) is 5.17. The molecule has 118 valence electrons. The van der Waals surface area contributed by atoms with Gasteiger partial charge in [0.1, 0.15) is 5.69 Å². The summed E-state index contributed by atoms with van der Waals surface area (Å²) in [6.07, 6.45) is -0.442. The van der Waals surface area contributed by atoms with Crippen LogP contribution in [0, 0.1) is 0 Å². The van der Waals surface area contributed by atoms with Crippen LogP contribution in [0.5, 0.6) is 0 Å². The minimum Gasteiger partial charge on any atom is -0.337 e. The third kappa shape index (κ3) is 2.83. The summed E-state index contributed by atoms with van der Waals surface area (Å²) in [6, 6.07) is 2.45. The van der Waals surface area contributed by atoms with Crippen LogP contribution in [0.25, 0.3) is 0 Å². The summed E-state index contributed by atoms with van der Waals surface area (Å²) in [6.45, 7) is 0.952. The second kappa shape index (κ2) is 5.47. The van der Waals surface area contributed by atoms with Crippen LogP contribution in [0.4, 0.5) is 13.2 Å². The predicted molar refractivity (Wildman–Crippen MR) is 70.0 cm³/mol. The standard InChI is InChI=1S/C13H14F3N5O/c14-13(15,16)11-4-8-21(19-11)9-2-6-20(7-3-9)12(22)10-1-5-17-18-10/h1,4-5,8-9H,2-3,6-7H2,(H,17,18). The maximum atomic E-state index is 12.6. The Labute approximate surface area is 123 Å². The van der Waals surface area contributed by atoms with Gasteiger partial charge in [0.2, 0.25) is 0 Å². The van der Waals surface area contributed by atoms with Crippen molar-refractivity contribution in [1.29, 1.82) is 0 Å². The van der Waals surface area contributed by atoms with Gasteiger partial charge in [-0.15, -0.1) is 0 Å². The first-order valence-corrected chi connectivity index (χ1v) is 6.86. The average molecular weight is 313 g/mol. The largest absolute Gasteiger partial charge is 0.435 e. The number of piperidine rings is 1. The molecule has 3 heterocycles. The van der Waals surface area contributed by atoms with E-state index in [-0.39, 0.29) is 11.9 Å². The second-order valence-corrected chi connectivity index (χ2v) is 5.17. The summed E-state index contributed by atoms with van der Waals surface area (Å²) >= 11 is 0. The van der Waals surface area contributed by atoms with Crippen LogP contribution in [0.1, 0.15) is 35.1 Å². The zero-order valence-corrected chi connectivity index (χ0v) is 11.5. The fourth-order valence-electron chi connectivity index (χ4n) is 2.57. The van der Waals surface area contributed by atoms with Gasteiger partial charge in [0.15, 0.2) is 5.69 Å². The normalized spacial score (nSPS) is 17.0. The highest BCUT2D eigenvalue weighted by Crippen LogP contribution is 2.29. The first kappa shape index (κ1) is 14.6. The van der Waals surface area contributed by atoms with E-state index in [0.717, 1.165) is 6.07 Å². The number of rotatable bonds is 2. The number of H-pyrrole nitrogens is 1. The number of amides is 1. The van der Waals surface area contributed by atoms with Crippen molar-refractivity contribution < 1.29 is 18.0 Å². The lowest BCUT2D eigenvalue weighted by atomic mass is 10.1. The van der Waals surface area contributed by atoms with Gasteiger partial charge < -0.3 is 4.90 Å². The molecule has 1 aliphatic heterocycles. The number of likely N-dealkylation sites (tertiary alicyclic amines) is 1. The number of aromatic nitrogens is 4. The van der Waals surface area contributed by atoms with Gasteiger partial charge in [-0.2, -0.15) is 23.4 Å². The molecule has 22 heavy (non-hydrogen) atoms. The van der Waals surface area contributed by atoms with Gasteiger partial charge in [-0.25, -0.2) is 0 Å². The van der Waals surface area contributed by atoms with E-state index in [2.05, 4.69) is 15.3 Å². The van der Waals surface area contributed by atoms with Gasteiger partial charge in [-0.3, -0.25) is 14.6 Å². The molecule has 0 atom stereocenters. The Kier molecular flexibility index (Phi) is 3.63. The van der Waals surface area contributed by atoms with Crippen LogP contribution in [0.2, 0.25) is 0 Å². The molecule has 0 unspecified atom stereocenters.